The Morgan fingerprint density at radius 3 is 2.31 bits per heavy atom. The predicted molar refractivity (Wildman–Crippen MR) is 117 cm³/mol. The Hall–Kier alpha value is -2.82. The molecule has 0 radical (unpaired) electrons. The largest absolute Gasteiger partial charge is 0.508 e. The smallest absolute Gasteiger partial charge is 0.119 e. The highest BCUT2D eigenvalue weighted by Gasteiger charge is 2.15. The fraction of sp³-hybridized carbons (Fsp3) is 0.280. The van der Waals surface area contributed by atoms with Crippen molar-refractivity contribution < 1.29 is 14.9 Å². The molecule has 0 aliphatic rings. The molecule has 0 spiro atoms. The molecule has 0 aliphatic heterocycles. The van der Waals surface area contributed by atoms with E-state index in [9.17, 15) is 10.2 Å². The molecule has 2 atom stereocenters. The van der Waals surface area contributed by atoms with Gasteiger partial charge in [0.25, 0.3) is 0 Å². The van der Waals surface area contributed by atoms with Gasteiger partial charge in [0.2, 0.25) is 0 Å². The van der Waals surface area contributed by atoms with Crippen LogP contribution in [0.2, 0.25) is 0 Å². The van der Waals surface area contributed by atoms with Crippen molar-refractivity contribution in [3.63, 3.8) is 0 Å². The van der Waals surface area contributed by atoms with Crippen LogP contribution in [-0.2, 0) is 6.42 Å². The van der Waals surface area contributed by atoms with Crippen molar-refractivity contribution in [1.82, 2.24) is 5.32 Å². The first-order valence-electron chi connectivity index (χ1n) is 10.1. The zero-order valence-electron chi connectivity index (χ0n) is 17.0. The number of nitrogens with one attached hydrogen (secondary N) is 1. The minimum absolute atomic E-state index is 0.129. The fourth-order valence-corrected chi connectivity index (χ4v) is 3.37. The molecule has 3 aromatic rings. The van der Waals surface area contributed by atoms with Gasteiger partial charge in [0.15, 0.2) is 0 Å². The van der Waals surface area contributed by atoms with E-state index in [2.05, 4.69) is 48.6 Å². The molecule has 0 aliphatic carbocycles. The maximum absolute atomic E-state index is 10.4. The van der Waals surface area contributed by atoms with Crippen molar-refractivity contribution in [2.24, 2.45) is 0 Å². The molecule has 0 fully saturated rings. The minimum Gasteiger partial charge on any atom is -0.508 e. The summed E-state index contributed by atoms with van der Waals surface area (Å²) in [5.74, 6) is 1.02. The summed E-state index contributed by atoms with van der Waals surface area (Å²) in [6.07, 6.45) is 0.363. The van der Waals surface area contributed by atoms with Gasteiger partial charge in [-0.05, 0) is 59.9 Å². The number of hydrogen-bond donors (Lipinski definition) is 3. The van der Waals surface area contributed by atoms with E-state index >= 15 is 0 Å². The first-order valence-corrected chi connectivity index (χ1v) is 10.1. The second-order valence-electron chi connectivity index (χ2n) is 7.16. The van der Waals surface area contributed by atoms with E-state index in [1.165, 1.54) is 16.7 Å². The third-order valence-corrected chi connectivity index (χ3v) is 5.11. The van der Waals surface area contributed by atoms with Gasteiger partial charge >= 0.3 is 0 Å². The maximum Gasteiger partial charge on any atom is 0.119 e. The van der Waals surface area contributed by atoms with Crippen LogP contribution >= 0.6 is 0 Å². The monoisotopic (exact) mass is 391 g/mol. The molecule has 0 saturated heterocycles. The van der Waals surface area contributed by atoms with Gasteiger partial charge in [0.1, 0.15) is 18.1 Å². The summed E-state index contributed by atoms with van der Waals surface area (Å²) in [7, 11) is 0. The Balaban J connectivity index is 1.47. The number of phenols is 1. The Morgan fingerprint density at radius 2 is 1.62 bits per heavy atom. The average molecular weight is 392 g/mol. The summed E-state index contributed by atoms with van der Waals surface area (Å²) in [6.45, 7) is 5.23. The second-order valence-corrected chi connectivity index (χ2v) is 7.16. The first-order chi connectivity index (χ1) is 14.1. The third-order valence-electron chi connectivity index (χ3n) is 5.11. The summed E-state index contributed by atoms with van der Waals surface area (Å²) in [6, 6.07) is 23.1. The van der Waals surface area contributed by atoms with Gasteiger partial charge in [-0.25, -0.2) is 0 Å². The highest BCUT2D eigenvalue weighted by atomic mass is 16.5. The second kappa shape index (κ2) is 10.1. The lowest BCUT2D eigenvalue weighted by Crippen LogP contribution is -2.35. The SMILES string of the molecule is CCc1ccccc1-c1ccc(OCCN[C@H](C)[C@@H](O)c2ccc(O)cc2)cc1. The summed E-state index contributed by atoms with van der Waals surface area (Å²) in [5, 5.41) is 23.0. The van der Waals surface area contributed by atoms with Crippen molar-refractivity contribution in [2.75, 3.05) is 13.2 Å². The van der Waals surface area contributed by atoms with Crippen LogP contribution in [0.5, 0.6) is 11.5 Å². The van der Waals surface area contributed by atoms with Gasteiger partial charge in [0, 0.05) is 12.6 Å². The minimum atomic E-state index is -0.645. The van der Waals surface area contributed by atoms with Gasteiger partial charge in [-0.1, -0.05) is 55.5 Å². The molecular weight excluding hydrogens is 362 g/mol. The van der Waals surface area contributed by atoms with Crippen LogP contribution in [0.3, 0.4) is 0 Å². The van der Waals surface area contributed by atoms with Gasteiger partial charge in [0.05, 0.1) is 6.10 Å². The fourth-order valence-electron chi connectivity index (χ4n) is 3.37. The highest BCUT2D eigenvalue weighted by molar-refractivity contribution is 5.67. The Bertz CT molecular complexity index is 891. The van der Waals surface area contributed by atoms with Crippen LogP contribution in [0.15, 0.2) is 72.8 Å². The molecule has 3 rings (SSSR count). The van der Waals surface area contributed by atoms with Crippen molar-refractivity contribution in [2.45, 2.75) is 32.4 Å². The van der Waals surface area contributed by atoms with E-state index in [1.54, 1.807) is 24.3 Å². The van der Waals surface area contributed by atoms with Gasteiger partial charge < -0.3 is 20.3 Å². The standard InChI is InChI=1S/C25H29NO3/c1-3-19-6-4-5-7-24(19)20-10-14-23(15-11-20)29-17-16-26-18(2)25(28)21-8-12-22(27)13-9-21/h4-15,18,25-28H,3,16-17H2,1-2H3/t18-,25-/m1/s1. The number of benzene rings is 3. The van der Waals surface area contributed by atoms with E-state index in [0.29, 0.717) is 13.2 Å². The zero-order chi connectivity index (χ0) is 20.6. The zero-order valence-corrected chi connectivity index (χ0v) is 17.0. The van der Waals surface area contributed by atoms with E-state index in [-0.39, 0.29) is 11.8 Å². The molecule has 0 bridgehead atoms. The number of aromatic hydroxyl groups is 1. The van der Waals surface area contributed by atoms with Crippen molar-refractivity contribution >= 4 is 0 Å². The lowest BCUT2D eigenvalue weighted by molar-refractivity contribution is 0.133. The van der Waals surface area contributed by atoms with Crippen LogP contribution in [-0.4, -0.2) is 29.4 Å². The number of ether oxygens (including phenoxy) is 1. The van der Waals surface area contributed by atoms with Crippen LogP contribution in [0, 0.1) is 0 Å². The van der Waals surface area contributed by atoms with E-state index < -0.39 is 6.10 Å². The Kier molecular flexibility index (Phi) is 7.28. The number of hydrogen-bond acceptors (Lipinski definition) is 4. The van der Waals surface area contributed by atoms with Gasteiger partial charge in [-0.15, -0.1) is 0 Å². The molecule has 0 unspecified atom stereocenters. The van der Waals surface area contributed by atoms with E-state index in [4.69, 9.17) is 4.74 Å². The Morgan fingerprint density at radius 1 is 0.931 bits per heavy atom. The van der Waals surface area contributed by atoms with Crippen molar-refractivity contribution in [3.8, 4) is 22.6 Å². The molecule has 0 heterocycles. The summed E-state index contributed by atoms with van der Waals surface area (Å²) < 4.78 is 5.83. The van der Waals surface area contributed by atoms with Crippen molar-refractivity contribution in [3.05, 3.63) is 83.9 Å². The summed E-state index contributed by atoms with van der Waals surface area (Å²) in [5.41, 5.74) is 4.57. The molecule has 0 amide bonds. The quantitative estimate of drug-likeness (QED) is 0.462. The van der Waals surface area contributed by atoms with Crippen LogP contribution in [0.25, 0.3) is 11.1 Å². The molecule has 4 heteroatoms. The normalized spacial score (nSPS) is 13.1. The number of aliphatic hydroxyl groups excluding tert-OH is 1. The van der Waals surface area contributed by atoms with Crippen LogP contribution in [0.1, 0.15) is 31.1 Å². The van der Waals surface area contributed by atoms with Crippen LogP contribution in [0.4, 0.5) is 0 Å². The molecule has 0 aromatic heterocycles. The first kappa shape index (κ1) is 20.9. The molecular formula is C25H29NO3. The average Bonchev–Trinajstić information content (AvgIpc) is 2.77. The molecule has 29 heavy (non-hydrogen) atoms. The molecule has 152 valence electrons. The number of rotatable bonds is 9. The number of aliphatic hydroxyl groups is 1. The molecule has 4 nitrogen and oxygen atoms in total. The molecule has 3 N–H and O–H groups in total. The maximum atomic E-state index is 10.4. The van der Waals surface area contributed by atoms with E-state index in [0.717, 1.165) is 17.7 Å². The predicted octanol–water partition coefficient (Wildman–Crippen LogP) is 4.71. The number of aryl methyl sites for hydroxylation is 1. The van der Waals surface area contributed by atoms with Crippen molar-refractivity contribution in [1.29, 1.82) is 0 Å². The molecule has 0 saturated carbocycles. The topological polar surface area (TPSA) is 61.7 Å². The third kappa shape index (κ3) is 5.59. The van der Waals surface area contributed by atoms with E-state index in [1.807, 2.05) is 19.1 Å². The van der Waals surface area contributed by atoms with Crippen LogP contribution < -0.4 is 10.1 Å². The highest BCUT2D eigenvalue weighted by Crippen LogP contribution is 2.26. The summed E-state index contributed by atoms with van der Waals surface area (Å²) >= 11 is 0. The lowest BCUT2D eigenvalue weighted by Gasteiger charge is -2.21. The van der Waals surface area contributed by atoms with Gasteiger partial charge in [-0.2, -0.15) is 0 Å². The Labute approximate surface area is 172 Å². The van der Waals surface area contributed by atoms with Gasteiger partial charge in [-0.3, -0.25) is 0 Å². The summed E-state index contributed by atoms with van der Waals surface area (Å²) in [4.78, 5) is 0. The lowest BCUT2D eigenvalue weighted by atomic mass is 9.98. The number of phenolic OH excluding ortho intramolecular Hbond substituents is 1. The molecule has 3 aromatic carbocycles.